The molecule has 7 heteroatoms. The number of ketones is 1. The van der Waals surface area contributed by atoms with E-state index >= 15 is 0 Å². The Hall–Kier alpha value is -2.74. The summed E-state index contributed by atoms with van der Waals surface area (Å²) in [5, 5.41) is 21.1. The van der Waals surface area contributed by atoms with Crippen LogP contribution >= 0.6 is 11.3 Å². The third kappa shape index (κ3) is 3.43. The van der Waals surface area contributed by atoms with Crippen molar-refractivity contribution in [3.05, 3.63) is 70.0 Å². The molecule has 4 heterocycles. The normalized spacial score (nSPS) is 18.8. The van der Waals surface area contributed by atoms with Crippen molar-refractivity contribution in [2.45, 2.75) is 32.9 Å². The highest BCUT2D eigenvalue weighted by Crippen LogP contribution is 2.35. The first-order valence-electron chi connectivity index (χ1n) is 10.7. The summed E-state index contributed by atoms with van der Waals surface area (Å²) in [5.41, 5.74) is 4.23. The average Bonchev–Trinajstić information content (AvgIpc) is 3.42. The second kappa shape index (κ2) is 7.75. The number of benzene rings is 1. The summed E-state index contributed by atoms with van der Waals surface area (Å²) < 4.78 is 5.19. The maximum absolute atomic E-state index is 13.1. The fraction of sp³-hybridized carbons (Fsp3) is 0.333. The number of aromatic nitrogens is 3. The molecule has 6 nitrogen and oxygen atoms in total. The molecular weight excluding hydrogens is 408 g/mol. The van der Waals surface area contributed by atoms with E-state index in [-0.39, 0.29) is 23.4 Å². The quantitative estimate of drug-likeness (QED) is 0.486. The minimum atomic E-state index is -0.313. The summed E-state index contributed by atoms with van der Waals surface area (Å²) in [6.45, 7) is 4.74. The van der Waals surface area contributed by atoms with Gasteiger partial charge in [0.15, 0.2) is 0 Å². The molecule has 0 fully saturated rings. The SMILES string of the molecule is CC(C)CC1c2nn(Cc3csc4ccccc34)c(-c3cccn3C)c2C(=O)C[NH+]1[O-]. The standard InChI is InChI=1S/C24H26N4O2S/c1-15(2)11-19-23-22(20(29)13-28(19)30)24(18-8-6-10-26(18)3)27(25-23)12-16-14-31-21-9-5-4-7-17(16)21/h4-10,14-15,19,28H,11-13H2,1-3H3. The van der Waals surface area contributed by atoms with Crippen molar-refractivity contribution in [3.63, 3.8) is 0 Å². The number of carbonyl (C=O) groups is 1. The Morgan fingerprint density at radius 1 is 1.26 bits per heavy atom. The van der Waals surface area contributed by atoms with E-state index in [9.17, 15) is 10.0 Å². The summed E-state index contributed by atoms with van der Waals surface area (Å²) in [6.07, 6.45) is 2.69. The molecule has 0 amide bonds. The van der Waals surface area contributed by atoms with E-state index in [0.29, 0.717) is 30.1 Å². The number of nitrogens with one attached hydrogen (secondary N) is 1. The first kappa shape index (κ1) is 20.2. The van der Waals surface area contributed by atoms with Crippen LogP contribution in [-0.2, 0) is 13.6 Å². The molecule has 0 radical (unpaired) electrons. The highest BCUT2D eigenvalue weighted by molar-refractivity contribution is 7.17. The van der Waals surface area contributed by atoms with Crippen LogP contribution in [0.3, 0.4) is 0 Å². The number of Topliss-reactive ketones (excluding diaryl/α,β-unsaturated/α-hetero) is 1. The fourth-order valence-corrected chi connectivity index (χ4v) is 5.59. The number of hydrogen-bond donors (Lipinski definition) is 1. The van der Waals surface area contributed by atoms with Gasteiger partial charge in [-0.1, -0.05) is 32.0 Å². The predicted molar refractivity (Wildman–Crippen MR) is 123 cm³/mol. The Kier molecular flexibility index (Phi) is 5.04. The Morgan fingerprint density at radius 3 is 2.81 bits per heavy atom. The zero-order valence-corrected chi connectivity index (χ0v) is 18.8. The van der Waals surface area contributed by atoms with E-state index in [1.165, 1.54) is 15.6 Å². The molecule has 5 rings (SSSR count). The van der Waals surface area contributed by atoms with Gasteiger partial charge in [-0.3, -0.25) is 9.48 Å². The Bertz CT molecular complexity index is 1270. The molecule has 0 saturated heterocycles. The summed E-state index contributed by atoms with van der Waals surface area (Å²) in [4.78, 5) is 13.1. The smallest absolute Gasteiger partial charge is 0.221 e. The molecule has 31 heavy (non-hydrogen) atoms. The number of hydrogen-bond acceptors (Lipinski definition) is 4. The third-order valence-electron chi connectivity index (χ3n) is 6.09. The van der Waals surface area contributed by atoms with E-state index in [1.807, 2.05) is 46.8 Å². The van der Waals surface area contributed by atoms with Gasteiger partial charge in [0.1, 0.15) is 18.3 Å². The van der Waals surface area contributed by atoms with Gasteiger partial charge in [-0.25, -0.2) is 0 Å². The topological polar surface area (TPSA) is 67.3 Å². The minimum Gasteiger partial charge on any atom is -0.633 e. The zero-order chi connectivity index (χ0) is 21.7. The third-order valence-corrected chi connectivity index (χ3v) is 7.10. The number of thiophene rings is 1. The van der Waals surface area contributed by atoms with E-state index < -0.39 is 0 Å². The molecule has 0 aliphatic carbocycles. The molecule has 2 atom stereocenters. The summed E-state index contributed by atoms with van der Waals surface area (Å²) >= 11 is 1.72. The lowest BCUT2D eigenvalue weighted by molar-refractivity contribution is -0.876. The lowest BCUT2D eigenvalue weighted by atomic mass is 9.92. The van der Waals surface area contributed by atoms with Crippen LogP contribution in [0.4, 0.5) is 0 Å². The molecule has 2 unspecified atom stereocenters. The van der Waals surface area contributed by atoms with Crippen LogP contribution in [0.1, 0.15) is 47.9 Å². The molecule has 0 bridgehead atoms. The highest BCUT2D eigenvalue weighted by Gasteiger charge is 2.39. The number of quaternary nitrogens is 1. The van der Waals surface area contributed by atoms with Gasteiger partial charge in [-0.2, -0.15) is 5.10 Å². The first-order chi connectivity index (χ1) is 14.9. The van der Waals surface area contributed by atoms with Crippen LogP contribution in [0.5, 0.6) is 0 Å². The van der Waals surface area contributed by atoms with Gasteiger partial charge >= 0.3 is 0 Å². The van der Waals surface area contributed by atoms with Crippen molar-refractivity contribution >= 4 is 27.2 Å². The van der Waals surface area contributed by atoms with E-state index in [0.717, 1.165) is 11.4 Å². The maximum atomic E-state index is 13.1. The highest BCUT2D eigenvalue weighted by atomic mass is 32.1. The molecule has 4 aromatic rings. The van der Waals surface area contributed by atoms with Crippen molar-refractivity contribution in [3.8, 4) is 11.4 Å². The maximum Gasteiger partial charge on any atom is 0.221 e. The minimum absolute atomic E-state index is 0.00438. The van der Waals surface area contributed by atoms with Crippen LogP contribution < -0.4 is 5.06 Å². The fourth-order valence-electron chi connectivity index (χ4n) is 4.63. The number of rotatable bonds is 5. The van der Waals surface area contributed by atoms with Gasteiger partial charge in [-0.05, 0) is 40.4 Å². The van der Waals surface area contributed by atoms with E-state index in [2.05, 4.69) is 31.4 Å². The monoisotopic (exact) mass is 434 g/mol. The molecule has 1 aliphatic heterocycles. The summed E-state index contributed by atoms with van der Waals surface area (Å²) in [7, 11) is 1.98. The van der Waals surface area contributed by atoms with Crippen molar-refractivity contribution in [1.29, 1.82) is 0 Å². The number of hydroxylamine groups is 2. The van der Waals surface area contributed by atoms with Gasteiger partial charge in [0.25, 0.3) is 0 Å². The zero-order valence-electron chi connectivity index (χ0n) is 18.0. The van der Waals surface area contributed by atoms with Gasteiger partial charge in [0.05, 0.1) is 23.5 Å². The molecule has 1 N–H and O–H groups in total. The molecule has 0 spiro atoms. The van der Waals surface area contributed by atoms with Gasteiger partial charge in [-0.15, -0.1) is 11.3 Å². The van der Waals surface area contributed by atoms with Gasteiger partial charge in [0.2, 0.25) is 5.78 Å². The summed E-state index contributed by atoms with van der Waals surface area (Å²) in [5.74, 6) is 0.233. The van der Waals surface area contributed by atoms with Crippen LogP contribution in [0.2, 0.25) is 0 Å². The molecule has 0 saturated carbocycles. The largest absolute Gasteiger partial charge is 0.633 e. The number of aryl methyl sites for hydroxylation is 1. The van der Waals surface area contributed by atoms with Crippen LogP contribution in [0.15, 0.2) is 48.0 Å². The van der Waals surface area contributed by atoms with Crippen molar-refractivity contribution < 1.29 is 9.86 Å². The Morgan fingerprint density at radius 2 is 2.06 bits per heavy atom. The molecule has 160 valence electrons. The molecule has 3 aromatic heterocycles. The van der Waals surface area contributed by atoms with Crippen LogP contribution in [0, 0.1) is 11.1 Å². The Balaban J connectivity index is 1.70. The molecular formula is C24H26N4O2S. The van der Waals surface area contributed by atoms with Crippen molar-refractivity contribution in [1.82, 2.24) is 14.3 Å². The van der Waals surface area contributed by atoms with Crippen molar-refractivity contribution in [2.75, 3.05) is 6.54 Å². The summed E-state index contributed by atoms with van der Waals surface area (Å²) in [6, 6.07) is 12.0. The predicted octanol–water partition coefficient (Wildman–Crippen LogP) is 3.82. The lowest BCUT2D eigenvalue weighted by Gasteiger charge is -2.34. The van der Waals surface area contributed by atoms with Crippen LogP contribution in [0.25, 0.3) is 21.5 Å². The van der Waals surface area contributed by atoms with Crippen LogP contribution in [-0.4, -0.2) is 26.7 Å². The number of carbonyl (C=O) groups excluding carboxylic acids is 1. The second-order valence-electron chi connectivity index (χ2n) is 8.78. The van der Waals surface area contributed by atoms with Gasteiger partial charge in [0, 0.05) is 24.4 Å². The number of fused-ring (bicyclic) bond motifs is 2. The molecule has 1 aromatic carbocycles. The average molecular weight is 435 g/mol. The molecule has 1 aliphatic rings. The first-order valence-corrected chi connectivity index (χ1v) is 11.6. The number of nitrogens with zero attached hydrogens (tertiary/aromatic N) is 3. The second-order valence-corrected chi connectivity index (χ2v) is 9.69. The van der Waals surface area contributed by atoms with Gasteiger partial charge < -0.3 is 14.8 Å². The lowest BCUT2D eigenvalue weighted by Crippen LogP contribution is -3.09. The van der Waals surface area contributed by atoms with E-state index in [1.54, 1.807) is 11.3 Å². The Labute approximate surface area is 185 Å². The van der Waals surface area contributed by atoms with E-state index in [4.69, 9.17) is 5.10 Å². The van der Waals surface area contributed by atoms with Crippen molar-refractivity contribution in [2.24, 2.45) is 13.0 Å².